The first kappa shape index (κ1) is 24.4. The van der Waals surface area contributed by atoms with Crippen molar-refractivity contribution in [3.05, 3.63) is 59.1 Å². The number of hydrogen-bond donors (Lipinski definition) is 1. The molecule has 30 heavy (non-hydrogen) atoms. The lowest BCUT2D eigenvalue weighted by molar-refractivity contribution is -0.119. The summed E-state index contributed by atoms with van der Waals surface area (Å²) in [5.41, 5.74) is 1.49. The molecule has 0 fully saturated rings. The molecule has 0 aliphatic carbocycles. The fourth-order valence-electron chi connectivity index (χ4n) is 2.68. The van der Waals surface area contributed by atoms with Gasteiger partial charge in [-0.05, 0) is 42.9 Å². The van der Waals surface area contributed by atoms with E-state index >= 15 is 0 Å². The van der Waals surface area contributed by atoms with Crippen molar-refractivity contribution in [2.24, 2.45) is 0 Å². The van der Waals surface area contributed by atoms with E-state index in [2.05, 4.69) is 5.32 Å². The monoisotopic (exact) mass is 470 g/mol. The standard InChI is InChI=1S/C21H27ClN2O4S2/c1-3-28-19-10-6-9-18(14-19)24(30(2,26)27)15-21(25)23-12-7-13-29-16-17-8-4-5-11-20(17)22/h4-6,8-11,14H,3,7,12-13,15-16H2,1-2H3,(H,23,25). The molecule has 0 saturated heterocycles. The SMILES string of the molecule is CCOc1cccc(N(CC(=O)NCCCSCc2ccccc2Cl)S(C)(=O)=O)c1. The number of anilines is 1. The molecule has 164 valence electrons. The molecule has 2 aromatic rings. The molecule has 0 spiro atoms. The second-order valence-electron chi connectivity index (χ2n) is 6.55. The van der Waals surface area contributed by atoms with Crippen molar-refractivity contribution in [2.45, 2.75) is 19.1 Å². The lowest BCUT2D eigenvalue weighted by atomic mass is 10.2. The van der Waals surface area contributed by atoms with E-state index in [1.165, 1.54) is 0 Å². The topological polar surface area (TPSA) is 75.7 Å². The number of amides is 1. The van der Waals surface area contributed by atoms with E-state index < -0.39 is 10.0 Å². The third-order valence-corrected chi connectivity index (χ3v) is 6.71. The van der Waals surface area contributed by atoms with Gasteiger partial charge < -0.3 is 10.1 Å². The minimum absolute atomic E-state index is 0.277. The zero-order chi connectivity index (χ0) is 22.0. The maximum atomic E-state index is 12.3. The second kappa shape index (κ2) is 12.1. The van der Waals surface area contributed by atoms with Crippen molar-refractivity contribution in [3.63, 3.8) is 0 Å². The summed E-state index contributed by atoms with van der Waals surface area (Å²) in [5, 5.41) is 3.55. The maximum absolute atomic E-state index is 12.3. The van der Waals surface area contributed by atoms with Crippen LogP contribution in [0.15, 0.2) is 48.5 Å². The molecular weight excluding hydrogens is 444 g/mol. The van der Waals surface area contributed by atoms with Gasteiger partial charge in [-0.25, -0.2) is 8.42 Å². The molecule has 6 nitrogen and oxygen atoms in total. The van der Waals surface area contributed by atoms with Crippen molar-refractivity contribution >= 4 is 45.0 Å². The molecular formula is C21H27ClN2O4S2. The van der Waals surface area contributed by atoms with Crippen LogP contribution in [-0.4, -0.2) is 46.0 Å². The van der Waals surface area contributed by atoms with Crippen LogP contribution in [0.3, 0.4) is 0 Å². The quantitative estimate of drug-likeness (QED) is 0.475. The second-order valence-corrected chi connectivity index (χ2v) is 9.97. The molecule has 0 atom stereocenters. The molecule has 0 aliphatic rings. The van der Waals surface area contributed by atoms with Crippen LogP contribution in [0.1, 0.15) is 18.9 Å². The summed E-state index contributed by atoms with van der Waals surface area (Å²) in [7, 11) is -3.62. The lowest BCUT2D eigenvalue weighted by Gasteiger charge is -2.22. The number of thioether (sulfide) groups is 1. The summed E-state index contributed by atoms with van der Waals surface area (Å²) in [6.07, 6.45) is 1.86. The molecule has 0 aromatic heterocycles. The van der Waals surface area contributed by atoms with Crippen molar-refractivity contribution in [3.8, 4) is 5.75 Å². The van der Waals surface area contributed by atoms with Gasteiger partial charge in [0, 0.05) is 23.4 Å². The Morgan fingerprint density at radius 1 is 1.20 bits per heavy atom. The highest BCUT2D eigenvalue weighted by Gasteiger charge is 2.21. The number of carbonyl (C=O) groups is 1. The number of hydrogen-bond acceptors (Lipinski definition) is 5. The highest BCUT2D eigenvalue weighted by Crippen LogP contribution is 2.23. The molecule has 0 aliphatic heterocycles. The van der Waals surface area contributed by atoms with E-state index in [0.29, 0.717) is 24.6 Å². The number of rotatable bonds is 12. The number of sulfonamides is 1. The number of ether oxygens (including phenoxy) is 1. The van der Waals surface area contributed by atoms with E-state index in [9.17, 15) is 13.2 Å². The Bertz CT molecular complexity index is 938. The van der Waals surface area contributed by atoms with Crippen molar-refractivity contribution in [1.29, 1.82) is 0 Å². The van der Waals surface area contributed by atoms with Gasteiger partial charge in [0.1, 0.15) is 12.3 Å². The predicted molar refractivity (Wildman–Crippen MR) is 125 cm³/mol. The minimum atomic E-state index is -3.62. The van der Waals surface area contributed by atoms with E-state index in [1.807, 2.05) is 31.2 Å². The smallest absolute Gasteiger partial charge is 0.240 e. The van der Waals surface area contributed by atoms with Gasteiger partial charge in [0.25, 0.3) is 0 Å². The Labute approximate surface area is 188 Å². The van der Waals surface area contributed by atoms with Crippen molar-refractivity contribution in [2.75, 3.05) is 36.0 Å². The zero-order valence-corrected chi connectivity index (χ0v) is 19.5. The molecule has 0 saturated carbocycles. The zero-order valence-electron chi connectivity index (χ0n) is 17.1. The van der Waals surface area contributed by atoms with Crippen LogP contribution < -0.4 is 14.4 Å². The fourth-order valence-corrected chi connectivity index (χ4v) is 4.78. The molecule has 1 N–H and O–H groups in total. The number of nitrogens with zero attached hydrogens (tertiary/aromatic N) is 1. The van der Waals surface area contributed by atoms with Gasteiger partial charge in [-0.15, -0.1) is 0 Å². The summed E-state index contributed by atoms with van der Waals surface area (Å²) < 4.78 is 30.9. The molecule has 0 radical (unpaired) electrons. The van der Waals surface area contributed by atoms with Gasteiger partial charge in [0.05, 0.1) is 18.6 Å². The Kier molecular flexibility index (Phi) is 9.81. The molecule has 2 rings (SSSR count). The molecule has 2 aromatic carbocycles. The Balaban J connectivity index is 1.81. The third-order valence-electron chi connectivity index (χ3n) is 4.11. The van der Waals surface area contributed by atoms with Crippen LogP contribution in [-0.2, 0) is 20.6 Å². The Morgan fingerprint density at radius 3 is 2.67 bits per heavy atom. The first-order valence-electron chi connectivity index (χ1n) is 9.59. The third kappa shape index (κ3) is 8.08. The fraction of sp³-hybridized carbons (Fsp3) is 0.381. The van der Waals surface area contributed by atoms with Crippen LogP contribution >= 0.6 is 23.4 Å². The number of carbonyl (C=O) groups excluding carboxylic acids is 1. The number of nitrogens with one attached hydrogen (secondary N) is 1. The van der Waals surface area contributed by atoms with Gasteiger partial charge in [0.2, 0.25) is 15.9 Å². The van der Waals surface area contributed by atoms with Gasteiger partial charge in [-0.3, -0.25) is 9.10 Å². The van der Waals surface area contributed by atoms with Gasteiger partial charge >= 0.3 is 0 Å². The molecule has 0 bridgehead atoms. The Hall–Kier alpha value is -1.90. The first-order chi connectivity index (χ1) is 14.3. The number of benzene rings is 2. The van der Waals surface area contributed by atoms with Crippen molar-refractivity contribution in [1.82, 2.24) is 5.32 Å². The summed E-state index contributed by atoms with van der Waals surface area (Å²) in [5.74, 6) is 1.88. The number of halogens is 1. The first-order valence-corrected chi connectivity index (χ1v) is 13.0. The van der Waals surface area contributed by atoms with Crippen LogP contribution in [0, 0.1) is 0 Å². The van der Waals surface area contributed by atoms with Gasteiger partial charge in [-0.1, -0.05) is 35.9 Å². The average molecular weight is 471 g/mol. The van der Waals surface area contributed by atoms with Crippen LogP contribution in [0.5, 0.6) is 5.75 Å². The highest BCUT2D eigenvalue weighted by atomic mass is 35.5. The van der Waals surface area contributed by atoms with E-state index in [-0.39, 0.29) is 12.5 Å². The summed E-state index contributed by atoms with van der Waals surface area (Å²) in [6.45, 7) is 2.52. The largest absolute Gasteiger partial charge is 0.494 e. The minimum Gasteiger partial charge on any atom is -0.494 e. The summed E-state index contributed by atoms with van der Waals surface area (Å²) in [6, 6.07) is 14.4. The molecule has 0 heterocycles. The molecule has 9 heteroatoms. The average Bonchev–Trinajstić information content (AvgIpc) is 2.69. The van der Waals surface area contributed by atoms with E-state index in [1.54, 1.807) is 36.0 Å². The Morgan fingerprint density at radius 2 is 1.97 bits per heavy atom. The van der Waals surface area contributed by atoms with Crippen LogP contribution in [0.4, 0.5) is 5.69 Å². The van der Waals surface area contributed by atoms with E-state index in [0.717, 1.165) is 39.1 Å². The lowest BCUT2D eigenvalue weighted by Crippen LogP contribution is -2.40. The van der Waals surface area contributed by atoms with Crippen LogP contribution in [0.2, 0.25) is 5.02 Å². The normalized spacial score (nSPS) is 11.2. The molecule has 1 amide bonds. The molecule has 0 unspecified atom stereocenters. The van der Waals surface area contributed by atoms with Gasteiger partial charge in [-0.2, -0.15) is 11.8 Å². The highest BCUT2D eigenvalue weighted by molar-refractivity contribution is 7.98. The van der Waals surface area contributed by atoms with Crippen LogP contribution in [0.25, 0.3) is 0 Å². The summed E-state index contributed by atoms with van der Waals surface area (Å²) >= 11 is 7.87. The maximum Gasteiger partial charge on any atom is 0.240 e. The summed E-state index contributed by atoms with van der Waals surface area (Å²) in [4.78, 5) is 12.3. The van der Waals surface area contributed by atoms with Gasteiger partial charge in [0.15, 0.2) is 0 Å². The van der Waals surface area contributed by atoms with Crippen molar-refractivity contribution < 1.29 is 17.9 Å². The van der Waals surface area contributed by atoms with E-state index in [4.69, 9.17) is 16.3 Å². The predicted octanol–water partition coefficient (Wildman–Crippen LogP) is 3.94.